The molecule has 2 rings (SSSR count). The SMILES string of the molecule is CCCC1CCC(=NNC(=O)c2ccccc2OC)CC1. The van der Waals surface area contributed by atoms with Gasteiger partial charge in [0.15, 0.2) is 0 Å². The Bertz CT molecular complexity index is 501. The number of para-hydroxylation sites is 1. The molecule has 4 nitrogen and oxygen atoms in total. The van der Waals surface area contributed by atoms with Gasteiger partial charge in [0.05, 0.1) is 12.7 Å². The predicted molar refractivity (Wildman–Crippen MR) is 84.8 cm³/mol. The van der Waals surface area contributed by atoms with Gasteiger partial charge in [-0.3, -0.25) is 4.79 Å². The molecule has 0 atom stereocenters. The van der Waals surface area contributed by atoms with Gasteiger partial charge in [-0.05, 0) is 43.7 Å². The Morgan fingerprint density at radius 2 is 2.05 bits per heavy atom. The molecule has 1 saturated carbocycles. The first kappa shape index (κ1) is 15.5. The number of methoxy groups -OCH3 is 1. The van der Waals surface area contributed by atoms with Crippen LogP contribution < -0.4 is 10.2 Å². The monoisotopic (exact) mass is 288 g/mol. The van der Waals surface area contributed by atoms with Gasteiger partial charge in [-0.15, -0.1) is 0 Å². The Morgan fingerprint density at radius 1 is 1.33 bits per heavy atom. The Kier molecular flexibility index (Phi) is 5.78. The molecule has 0 aromatic heterocycles. The summed E-state index contributed by atoms with van der Waals surface area (Å²) in [4.78, 5) is 12.1. The third kappa shape index (κ3) is 4.31. The number of hydrazone groups is 1. The molecule has 0 bridgehead atoms. The summed E-state index contributed by atoms with van der Waals surface area (Å²) in [5.74, 6) is 1.19. The van der Waals surface area contributed by atoms with Crippen LogP contribution in [0.3, 0.4) is 0 Å². The van der Waals surface area contributed by atoms with E-state index in [4.69, 9.17) is 4.74 Å². The molecular formula is C17H24N2O2. The van der Waals surface area contributed by atoms with Crippen LogP contribution in [0.15, 0.2) is 29.4 Å². The molecule has 114 valence electrons. The fraction of sp³-hybridized carbons (Fsp3) is 0.529. The van der Waals surface area contributed by atoms with E-state index in [9.17, 15) is 4.79 Å². The van der Waals surface area contributed by atoms with Crippen molar-refractivity contribution in [3.63, 3.8) is 0 Å². The van der Waals surface area contributed by atoms with E-state index in [-0.39, 0.29) is 5.91 Å². The van der Waals surface area contributed by atoms with Crippen molar-refractivity contribution in [3.05, 3.63) is 29.8 Å². The van der Waals surface area contributed by atoms with Crippen LogP contribution in [0.2, 0.25) is 0 Å². The zero-order valence-electron chi connectivity index (χ0n) is 12.9. The molecule has 0 spiro atoms. The van der Waals surface area contributed by atoms with Gasteiger partial charge in [0.25, 0.3) is 5.91 Å². The van der Waals surface area contributed by atoms with E-state index in [0.717, 1.165) is 24.5 Å². The van der Waals surface area contributed by atoms with Crippen molar-refractivity contribution in [3.8, 4) is 5.75 Å². The Balaban J connectivity index is 1.91. The first-order valence-corrected chi connectivity index (χ1v) is 7.73. The van der Waals surface area contributed by atoms with E-state index < -0.39 is 0 Å². The molecule has 1 aliphatic carbocycles. The molecule has 1 aromatic rings. The first-order valence-electron chi connectivity index (χ1n) is 7.73. The summed E-state index contributed by atoms with van der Waals surface area (Å²) < 4.78 is 5.19. The fourth-order valence-electron chi connectivity index (χ4n) is 2.84. The summed E-state index contributed by atoms with van der Waals surface area (Å²) in [6, 6.07) is 7.18. The summed E-state index contributed by atoms with van der Waals surface area (Å²) >= 11 is 0. The molecule has 1 N–H and O–H groups in total. The topological polar surface area (TPSA) is 50.7 Å². The predicted octanol–water partition coefficient (Wildman–Crippen LogP) is 3.77. The van der Waals surface area contributed by atoms with Crippen molar-refractivity contribution >= 4 is 11.6 Å². The smallest absolute Gasteiger partial charge is 0.275 e. The second kappa shape index (κ2) is 7.81. The molecule has 0 radical (unpaired) electrons. The lowest BCUT2D eigenvalue weighted by Crippen LogP contribution is -2.22. The van der Waals surface area contributed by atoms with Crippen LogP contribution >= 0.6 is 0 Å². The van der Waals surface area contributed by atoms with Crippen LogP contribution in [0.25, 0.3) is 0 Å². The second-order valence-corrected chi connectivity index (χ2v) is 5.55. The van der Waals surface area contributed by atoms with Crippen LogP contribution in [0.4, 0.5) is 0 Å². The Labute approximate surface area is 126 Å². The molecule has 4 heteroatoms. The highest BCUT2D eigenvalue weighted by atomic mass is 16.5. The molecule has 1 aromatic carbocycles. The van der Waals surface area contributed by atoms with E-state index in [2.05, 4.69) is 17.5 Å². The molecule has 1 amide bonds. The molecular weight excluding hydrogens is 264 g/mol. The summed E-state index contributed by atoms with van der Waals surface area (Å²) in [6.45, 7) is 2.23. The van der Waals surface area contributed by atoms with Gasteiger partial charge in [0.1, 0.15) is 5.75 Å². The van der Waals surface area contributed by atoms with Gasteiger partial charge in [0, 0.05) is 5.71 Å². The zero-order valence-corrected chi connectivity index (χ0v) is 12.9. The molecule has 1 fully saturated rings. The van der Waals surface area contributed by atoms with Crippen molar-refractivity contribution in [2.24, 2.45) is 11.0 Å². The number of hydrogen-bond acceptors (Lipinski definition) is 3. The number of hydrogen-bond donors (Lipinski definition) is 1. The third-order valence-electron chi connectivity index (χ3n) is 4.05. The van der Waals surface area contributed by atoms with E-state index in [1.54, 1.807) is 19.2 Å². The molecule has 0 unspecified atom stereocenters. The highest BCUT2D eigenvalue weighted by Gasteiger charge is 2.17. The number of ether oxygens (including phenoxy) is 1. The van der Waals surface area contributed by atoms with Gasteiger partial charge in [0.2, 0.25) is 0 Å². The number of nitrogens with zero attached hydrogens (tertiary/aromatic N) is 1. The lowest BCUT2D eigenvalue weighted by atomic mass is 9.85. The second-order valence-electron chi connectivity index (χ2n) is 5.55. The van der Waals surface area contributed by atoms with Crippen LogP contribution in [-0.2, 0) is 0 Å². The highest BCUT2D eigenvalue weighted by molar-refractivity contribution is 5.97. The summed E-state index contributed by atoms with van der Waals surface area (Å²) in [6.07, 6.45) is 6.94. The van der Waals surface area contributed by atoms with Gasteiger partial charge in [-0.1, -0.05) is 31.9 Å². The quantitative estimate of drug-likeness (QED) is 0.838. The maximum atomic E-state index is 12.1. The lowest BCUT2D eigenvalue weighted by molar-refractivity contribution is 0.0951. The third-order valence-corrected chi connectivity index (χ3v) is 4.05. The van der Waals surface area contributed by atoms with Gasteiger partial charge in [-0.25, -0.2) is 5.43 Å². The number of carbonyl (C=O) groups is 1. The summed E-state index contributed by atoms with van der Waals surface area (Å²) in [5, 5.41) is 4.29. The van der Waals surface area contributed by atoms with E-state index in [1.165, 1.54) is 25.7 Å². The van der Waals surface area contributed by atoms with Crippen molar-refractivity contribution in [2.45, 2.75) is 45.4 Å². The molecule has 0 heterocycles. The lowest BCUT2D eigenvalue weighted by Gasteiger charge is -2.22. The fourth-order valence-corrected chi connectivity index (χ4v) is 2.84. The maximum absolute atomic E-state index is 12.1. The van der Waals surface area contributed by atoms with Crippen LogP contribution in [0.1, 0.15) is 55.8 Å². The van der Waals surface area contributed by atoms with Crippen LogP contribution in [0.5, 0.6) is 5.75 Å². The van der Waals surface area contributed by atoms with E-state index >= 15 is 0 Å². The minimum absolute atomic E-state index is 0.212. The van der Waals surface area contributed by atoms with Crippen LogP contribution in [-0.4, -0.2) is 18.7 Å². The number of rotatable bonds is 5. The average Bonchev–Trinajstić information content (AvgIpc) is 2.54. The minimum Gasteiger partial charge on any atom is -0.496 e. The van der Waals surface area contributed by atoms with Gasteiger partial charge >= 0.3 is 0 Å². The van der Waals surface area contributed by atoms with Crippen molar-refractivity contribution in [1.29, 1.82) is 0 Å². The van der Waals surface area contributed by atoms with Crippen molar-refractivity contribution in [1.82, 2.24) is 5.43 Å². The summed E-state index contributed by atoms with van der Waals surface area (Å²) in [7, 11) is 1.56. The molecule has 21 heavy (non-hydrogen) atoms. The first-order chi connectivity index (χ1) is 10.2. The van der Waals surface area contributed by atoms with Gasteiger partial charge in [-0.2, -0.15) is 5.10 Å². The van der Waals surface area contributed by atoms with Crippen LogP contribution in [0, 0.1) is 5.92 Å². The summed E-state index contributed by atoms with van der Waals surface area (Å²) in [5.41, 5.74) is 4.28. The Morgan fingerprint density at radius 3 is 2.71 bits per heavy atom. The number of nitrogens with one attached hydrogen (secondary N) is 1. The number of amides is 1. The maximum Gasteiger partial charge on any atom is 0.275 e. The Hall–Kier alpha value is -1.84. The number of carbonyl (C=O) groups excluding carboxylic acids is 1. The van der Waals surface area contributed by atoms with E-state index in [0.29, 0.717) is 11.3 Å². The highest BCUT2D eigenvalue weighted by Crippen LogP contribution is 2.26. The molecule has 0 aliphatic heterocycles. The number of benzene rings is 1. The van der Waals surface area contributed by atoms with Crippen molar-refractivity contribution < 1.29 is 9.53 Å². The largest absolute Gasteiger partial charge is 0.496 e. The minimum atomic E-state index is -0.212. The molecule has 0 saturated heterocycles. The van der Waals surface area contributed by atoms with Gasteiger partial charge < -0.3 is 4.74 Å². The normalized spacial score (nSPS) is 18.2. The molecule has 1 aliphatic rings. The average molecular weight is 288 g/mol. The van der Waals surface area contributed by atoms with E-state index in [1.807, 2.05) is 12.1 Å². The van der Waals surface area contributed by atoms with Crippen molar-refractivity contribution in [2.75, 3.05) is 7.11 Å². The zero-order chi connectivity index (χ0) is 15.1. The standard InChI is InChI=1S/C17H24N2O2/c1-3-6-13-9-11-14(12-10-13)18-19-17(20)15-7-4-5-8-16(15)21-2/h4-5,7-8,13H,3,6,9-12H2,1-2H3,(H,19,20).